The molecule has 0 saturated carbocycles. The Morgan fingerprint density at radius 3 is 3.00 bits per heavy atom. The normalized spacial score (nSPS) is 35.8. The van der Waals surface area contributed by atoms with Crippen LogP contribution in [0.4, 0.5) is 0 Å². The van der Waals surface area contributed by atoms with Crippen molar-refractivity contribution in [2.24, 2.45) is 11.7 Å². The van der Waals surface area contributed by atoms with Gasteiger partial charge in [-0.05, 0) is 31.6 Å². The van der Waals surface area contributed by atoms with E-state index in [2.05, 4.69) is 19.1 Å². The van der Waals surface area contributed by atoms with Crippen LogP contribution in [0.2, 0.25) is 0 Å². The van der Waals surface area contributed by atoms with E-state index in [0.29, 0.717) is 6.04 Å². The first-order chi connectivity index (χ1) is 5.34. The van der Waals surface area contributed by atoms with Crippen LogP contribution in [0.3, 0.4) is 0 Å². The Bertz CT molecular complexity index is 129. The Hall–Kier alpha value is -0.300. The summed E-state index contributed by atoms with van der Waals surface area (Å²) in [5.74, 6) is 0.764. The lowest BCUT2D eigenvalue weighted by Gasteiger charge is -2.22. The second-order valence-electron chi connectivity index (χ2n) is 3.47. The van der Waals surface area contributed by atoms with Crippen LogP contribution in [0.15, 0.2) is 12.2 Å². The standard InChI is InChI=1S/C10H19N/c1-2-9-7-5-3-4-6-8-10(9)11/h4,6,9-10H,2-3,5,7-8,11H2,1H3/b6-4-/t9-,10+/m1/s1. The fourth-order valence-corrected chi connectivity index (χ4v) is 1.78. The van der Waals surface area contributed by atoms with Crippen LogP contribution in [0.5, 0.6) is 0 Å². The van der Waals surface area contributed by atoms with Crippen LogP contribution >= 0.6 is 0 Å². The largest absolute Gasteiger partial charge is 0.327 e. The van der Waals surface area contributed by atoms with E-state index < -0.39 is 0 Å². The SMILES string of the molecule is CC[C@@H]1CCC/C=C\C[C@@H]1N. The highest BCUT2D eigenvalue weighted by Gasteiger charge is 2.14. The van der Waals surface area contributed by atoms with Crippen LogP contribution < -0.4 is 5.73 Å². The van der Waals surface area contributed by atoms with Crippen molar-refractivity contribution in [1.29, 1.82) is 0 Å². The molecule has 0 radical (unpaired) electrons. The fraction of sp³-hybridized carbons (Fsp3) is 0.800. The first-order valence-corrected chi connectivity index (χ1v) is 4.75. The topological polar surface area (TPSA) is 26.0 Å². The lowest BCUT2D eigenvalue weighted by atomic mass is 9.88. The zero-order valence-electron chi connectivity index (χ0n) is 7.42. The lowest BCUT2D eigenvalue weighted by molar-refractivity contribution is 0.370. The summed E-state index contributed by atoms with van der Waals surface area (Å²) in [6.45, 7) is 2.25. The maximum Gasteiger partial charge on any atom is 0.0102 e. The number of nitrogens with two attached hydrogens (primary N) is 1. The van der Waals surface area contributed by atoms with Gasteiger partial charge in [0.05, 0.1) is 0 Å². The van der Waals surface area contributed by atoms with Gasteiger partial charge in [-0.1, -0.05) is 25.5 Å². The van der Waals surface area contributed by atoms with Gasteiger partial charge in [-0.15, -0.1) is 0 Å². The summed E-state index contributed by atoms with van der Waals surface area (Å²) in [6.07, 6.45) is 10.7. The number of allylic oxidation sites excluding steroid dienone is 1. The van der Waals surface area contributed by atoms with Gasteiger partial charge in [-0.2, -0.15) is 0 Å². The number of rotatable bonds is 1. The van der Waals surface area contributed by atoms with Crippen LogP contribution in [-0.2, 0) is 0 Å². The average molecular weight is 153 g/mol. The molecule has 0 aromatic heterocycles. The smallest absolute Gasteiger partial charge is 0.0102 e. The summed E-state index contributed by atoms with van der Waals surface area (Å²) >= 11 is 0. The van der Waals surface area contributed by atoms with E-state index in [-0.39, 0.29) is 0 Å². The van der Waals surface area contributed by atoms with Gasteiger partial charge in [0.15, 0.2) is 0 Å². The first-order valence-electron chi connectivity index (χ1n) is 4.75. The van der Waals surface area contributed by atoms with E-state index in [9.17, 15) is 0 Å². The van der Waals surface area contributed by atoms with Crippen molar-refractivity contribution < 1.29 is 0 Å². The Morgan fingerprint density at radius 2 is 2.27 bits per heavy atom. The quantitative estimate of drug-likeness (QED) is 0.575. The van der Waals surface area contributed by atoms with Crippen LogP contribution in [0.25, 0.3) is 0 Å². The predicted octanol–water partition coefficient (Wildman–Crippen LogP) is 2.47. The molecule has 11 heavy (non-hydrogen) atoms. The van der Waals surface area contributed by atoms with Gasteiger partial charge in [0, 0.05) is 6.04 Å². The lowest BCUT2D eigenvalue weighted by Crippen LogP contribution is -2.29. The van der Waals surface area contributed by atoms with Crippen molar-refractivity contribution >= 4 is 0 Å². The van der Waals surface area contributed by atoms with E-state index in [0.717, 1.165) is 12.3 Å². The van der Waals surface area contributed by atoms with E-state index in [4.69, 9.17) is 5.73 Å². The first kappa shape index (κ1) is 8.79. The summed E-state index contributed by atoms with van der Waals surface area (Å²) in [7, 11) is 0. The molecule has 1 rings (SSSR count). The second-order valence-corrected chi connectivity index (χ2v) is 3.47. The second kappa shape index (κ2) is 4.55. The van der Waals surface area contributed by atoms with E-state index >= 15 is 0 Å². The fourth-order valence-electron chi connectivity index (χ4n) is 1.78. The van der Waals surface area contributed by atoms with Crippen molar-refractivity contribution in [3.63, 3.8) is 0 Å². The monoisotopic (exact) mass is 153 g/mol. The van der Waals surface area contributed by atoms with Gasteiger partial charge in [0.2, 0.25) is 0 Å². The third-order valence-corrected chi connectivity index (χ3v) is 2.65. The van der Waals surface area contributed by atoms with Gasteiger partial charge in [-0.3, -0.25) is 0 Å². The molecule has 0 fully saturated rings. The Labute approximate surface area is 69.7 Å². The van der Waals surface area contributed by atoms with Crippen molar-refractivity contribution in [1.82, 2.24) is 0 Å². The Morgan fingerprint density at radius 1 is 1.45 bits per heavy atom. The molecule has 1 aliphatic carbocycles. The summed E-state index contributed by atoms with van der Waals surface area (Å²) in [5, 5.41) is 0. The molecule has 64 valence electrons. The minimum Gasteiger partial charge on any atom is -0.327 e. The van der Waals surface area contributed by atoms with Crippen LogP contribution in [0.1, 0.15) is 39.0 Å². The molecule has 0 unspecified atom stereocenters. The highest BCUT2D eigenvalue weighted by atomic mass is 14.6. The van der Waals surface area contributed by atoms with E-state index in [1.54, 1.807) is 0 Å². The predicted molar refractivity (Wildman–Crippen MR) is 49.4 cm³/mol. The minimum atomic E-state index is 0.413. The summed E-state index contributed by atoms with van der Waals surface area (Å²) in [4.78, 5) is 0. The molecule has 0 heterocycles. The molecule has 0 saturated heterocycles. The molecule has 0 amide bonds. The summed E-state index contributed by atoms with van der Waals surface area (Å²) in [5.41, 5.74) is 6.01. The molecular weight excluding hydrogens is 134 g/mol. The summed E-state index contributed by atoms with van der Waals surface area (Å²) < 4.78 is 0. The molecule has 0 bridgehead atoms. The molecule has 1 aliphatic rings. The molecule has 1 heteroatoms. The third kappa shape index (κ3) is 2.66. The molecule has 1 nitrogen and oxygen atoms in total. The zero-order chi connectivity index (χ0) is 8.10. The highest BCUT2D eigenvalue weighted by molar-refractivity contribution is 4.90. The van der Waals surface area contributed by atoms with Gasteiger partial charge in [-0.25, -0.2) is 0 Å². The maximum absolute atomic E-state index is 6.01. The highest BCUT2D eigenvalue weighted by Crippen LogP contribution is 2.20. The average Bonchev–Trinajstić information content (AvgIpc) is 1.98. The Kier molecular flexibility index (Phi) is 3.64. The minimum absolute atomic E-state index is 0.413. The number of hydrogen-bond donors (Lipinski definition) is 1. The summed E-state index contributed by atoms with van der Waals surface area (Å²) in [6, 6.07) is 0.413. The van der Waals surface area contributed by atoms with E-state index in [1.807, 2.05) is 0 Å². The van der Waals surface area contributed by atoms with Crippen LogP contribution in [-0.4, -0.2) is 6.04 Å². The van der Waals surface area contributed by atoms with Gasteiger partial charge < -0.3 is 5.73 Å². The van der Waals surface area contributed by atoms with Gasteiger partial charge in [0.1, 0.15) is 0 Å². The molecule has 2 atom stereocenters. The maximum atomic E-state index is 6.01. The van der Waals surface area contributed by atoms with Gasteiger partial charge in [0.25, 0.3) is 0 Å². The van der Waals surface area contributed by atoms with Gasteiger partial charge >= 0.3 is 0 Å². The molecule has 0 aliphatic heterocycles. The van der Waals surface area contributed by atoms with Crippen molar-refractivity contribution in [2.75, 3.05) is 0 Å². The molecule has 0 aromatic carbocycles. The Balaban J connectivity index is 2.44. The van der Waals surface area contributed by atoms with Crippen molar-refractivity contribution in [3.05, 3.63) is 12.2 Å². The molecule has 0 aromatic rings. The van der Waals surface area contributed by atoms with Crippen LogP contribution in [0, 0.1) is 5.92 Å². The molecule has 0 spiro atoms. The third-order valence-electron chi connectivity index (χ3n) is 2.65. The molecular formula is C10H19N. The van der Waals surface area contributed by atoms with Crippen molar-refractivity contribution in [3.8, 4) is 0 Å². The van der Waals surface area contributed by atoms with E-state index in [1.165, 1.54) is 25.7 Å². The van der Waals surface area contributed by atoms with Crippen molar-refractivity contribution in [2.45, 2.75) is 45.1 Å². The number of hydrogen-bond acceptors (Lipinski definition) is 1. The zero-order valence-corrected chi connectivity index (χ0v) is 7.42. The molecule has 2 N–H and O–H groups in total.